The van der Waals surface area contributed by atoms with Gasteiger partial charge in [0.05, 0.1) is 12.6 Å². The van der Waals surface area contributed by atoms with Crippen LogP contribution in [0, 0.1) is 0 Å². The van der Waals surface area contributed by atoms with Crippen molar-refractivity contribution in [1.29, 1.82) is 0 Å². The summed E-state index contributed by atoms with van der Waals surface area (Å²) in [6.45, 7) is 1.82. The lowest BCUT2D eigenvalue weighted by Crippen LogP contribution is -2.50. The van der Waals surface area contributed by atoms with Crippen LogP contribution in [-0.4, -0.2) is 49.7 Å². The second-order valence-corrected chi connectivity index (χ2v) is 6.63. The molecule has 126 valence electrons. The van der Waals surface area contributed by atoms with Crippen molar-refractivity contribution in [3.63, 3.8) is 0 Å². The van der Waals surface area contributed by atoms with Crippen molar-refractivity contribution in [3.8, 4) is 0 Å². The maximum atomic E-state index is 12.4. The Morgan fingerprint density at radius 1 is 1.39 bits per heavy atom. The second kappa shape index (κ2) is 7.43. The highest BCUT2D eigenvalue weighted by Gasteiger charge is 2.28. The van der Waals surface area contributed by atoms with Crippen LogP contribution in [-0.2, 0) is 22.4 Å². The van der Waals surface area contributed by atoms with E-state index in [0.29, 0.717) is 13.1 Å². The van der Waals surface area contributed by atoms with Gasteiger partial charge in [-0.3, -0.25) is 9.69 Å². The van der Waals surface area contributed by atoms with Crippen molar-refractivity contribution in [2.45, 2.75) is 44.2 Å². The fraction of sp³-hybridized carbons (Fsp3) is 0.611. The molecule has 1 aromatic carbocycles. The summed E-state index contributed by atoms with van der Waals surface area (Å²) < 4.78 is 5.43. The molecule has 1 fully saturated rings. The van der Waals surface area contributed by atoms with Gasteiger partial charge in [0, 0.05) is 31.9 Å². The van der Waals surface area contributed by atoms with E-state index in [9.17, 15) is 4.79 Å². The zero-order valence-electron chi connectivity index (χ0n) is 13.9. The SMILES string of the molecule is COC1CCN(CC(=O)Nc2ccc3c(c2)CCC3)C(CN)C1. The number of nitrogens with zero attached hydrogens (tertiary/aromatic N) is 1. The molecule has 3 rings (SSSR count). The molecule has 0 aromatic heterocycles. The number of hydrogen-bond donors (Lipinski definition) is 2. The number of hydrogen-bond acceptors (Lipinski definition) is 4. The Morgan fingerprint density at radius 2 is 2.22 bits per heavy atom. The van der Waals surface area contributed by atoms with E-state index >= 15 is 0 Å². The summed E-state index contributed by atoms with van der Waals surface area (Å²) in [6, 6.07) is 6.50. The average molecular weight is 317 g/mol. The zero-order chi connectivity index (χ0) is 16.2. The molecule has 2 atom stereocenters. The van der Waals surface area contributed by atoms with Crippen molar-refractivity contribution in [2.75, 3.05) is 32.1 Å². The van der Waals surface area contributed by atoms with Gasteiger partial charge in [-0.05, 0) is 55.4 Å². The van der Waals surface area contributed by atoms with Crippen LogP contribution in [0.4, 0.5) is 5.69 Å². The number of carbonyl (C=O) groups excluding carboxylic acids is 1. The second-order valence-electron chi connectivity index (χ2n) is 6.63. The molecule has 1 aliphatic carbocycles. The molecule has 0 bridgehead atoms. The van der Waals surface area contributed by atoms with Crippen LogP contribution in [0.3, 0.4) is 0 Å². The highest BCUT2D eigenvalue weighted by Crippen LogP contribution is 2.25. The number of aryl methyl sites for hydroxylation is 2. The molecule has 2 aliphatic rings. The fourth-order valence-electron chi connectivity index (χ4n) is 3.76. The minimum atomic E-state index is 0.0391. The summed E-state index contributed by atoms with van der Waals surface area (Å²) in [4.78, 5) is 14.5. The Morgan fingerprint density at radius 3 is 3.00 bits per heavy atom. The largest absolute Gasteiger partial charge is 0.381 e. The van der Waals surface area contributed by atoms with Gasteiger partial charge in [-0.2, -0.15) is 0 Å². The molecule has 5 heteroatoms. The standard InChI is InChI=1S/C18H27N3O2/c1-23-17-7-8-21(16(10-17)11-19)12-18(22)20-15-6-5-13-3-2-4-14(13)9-15/h5-6,9,16-17H,2-4,7-8,10-12,19H2,1H3,(H,20,22). The van der Waals surface area contributed by atoms with E-state index in [4.69, 9.17) is 10.5 Å². The van der Waals surface area contributed by atoms with Crippen LogP contribution in [0.1, 0.15) is 30.4 Å². The molecule has 5 nitrogen and oxygen atoms in total. The fourth-order valence-corrected chi connectivity index (χ4v) is 3.76. The minimum absolute atomic E-state index is 0.0391. The third kappa shape index (κ3) is 3.91. The van der Waals surface area contributed by atoms with E-state index in [-0.39, 0.29) is 18.1 Å². The monoisotopic (exact) mass is 317 g/mol. The average Bonchev–Trinajstić information content (AvgIpc) is 3.02. The number of nitrogens with two attached hydrogens (primary N) is 1. The van der Waals surface area contributed by atoms with E-state index < -0.39 is 0 Å². The number of carbonyl (C=O) groups is 1. The zero-order valence-corrected chi connectivity index (χ0v) is 13.9. The highest BCUT2D eigenvalue weighted by atomic mass is 16.5. The number of likely N-dealkylation sites (tertiary alicyclic amines) is 1. The van der Waals surface area contributed by atoms with Crippen molar-refractivity contribution >= 4 is 11.6 Å². The molecule has 0 spiro atoms. The van der Waals surface area contributed by atoms with Gasteiger partial charge in [0.2, 0.25) is 5.91 Å². The van der Waals surface area contributed by atoms with Crippen molar-refractivity contribution < 1.29 is 9.53 Å². The number of rotatable bonds is 5. The number of amides is 1. The van der Waals surface area contributed by atoms with E-state index in [1.165, 1.54) is 17.5 Å². The number of methoxy groups -OCH3 is 1. The molecule has 23 heavy (non-hydrogen) atoms. The Labute approximate surface area is 138 Å². The van der Waals surface area contributed by atoms with Crippen molar-refractivity contribution in [1.82, 2.24) is 4.90 Å². The third-order valence-corrected chi connectivity index (χ3v) is 5.12. The van der Waals surface area contributed by atoms with Gasteiger partial charge >= 0.3 is 0 Å². The van der Waals surface area contributed by atoms with Crippen LogP contribution in [0.25, 0.3) is 0 Å². The van der Waals surface area contributed by atoms with Crippen molar-refractivity contribution in [2.24, 2.45) is 5.73 Å². The number of fused-ring (bicyclic) bond motifs is 1. The Hall–Kier alpha value is -1.43. The maximum absolute atomic E-state index is 12.4. The molecule has 1 aliphatic heterocycles. The quantitative estimate of drug-likeness (QED) is 0.865. The maximum Gasteiger partial charge on any atom is 0.238 e. The molecular weight excluding hydrogens is 290 g/mol. The normalized spacial score (nSPS) is 24.4. The predicted molar refractivity (Wildman–Crippen MR) is 91.5 cm³/mol. The summed E-state index contributed by atoms with van der Waals surface area (Å²) >= 11 is 0. The molecule has 0 saturated carbocycles. The van der Waals surface area contributed by atoms with Crippen LogP contribution in [0.2, 0.25) is 0 Å². The molecule has 2 unspecified atom stereocenters. The van der Waals surface area contributed by atoms with Gasteiger partial charge in [0.15, 0.2) is 0 Å². The number of piperidine rings is 1. The highest BCUT2D eigenvalue weighted by molar-refractivity contribution is 5.92. The third-order valence-electron chi connectivity index (χ3n) is 5.12. The summed E-state index contributed by atoms with van der Waals surface area (Å²) in [5, 5.41) is 3.04. The summed E-state index contributed by atoms with van der Waals surface area (Å²) in [7, 11) is 1.74. The Kier molecular flexibility index (Phi) is 5.30. The van der Waals surface area contributed by atoms with Gasteiger partial charge in [-0.25, -0.2) is 0 Å². The van der Waals surface area contributed by atoms with E-state index in [2.05, 4.69) is 22.3 Å². The lowest BCUT2D eigenvalue weighted by Gasteiger charge is -2.37. The first-order valence-electron chi connectivity index (χ1n) is 8.58. The van der Waals surface area contributed by atoms with Gasteiger partial charge in [-0.15, -0.1) is 0 Å². The van der Waals surface area contributed by atoms with E-state index in [1.54, 1.807) is 7.11 Å². The molecule has 1 saturated heterocycles. The van der Waals surface area contributed by atoms with Crippen LogP contribution in [0.15, 0.2) is 18.2 Å². The Bertz CT molecular complexity index is 561. The van der Waals surface area contributed by atoms with E-state index in [0.717, 1.165) is 37.9 Å². The van der Waals surface area contributed by atoms with Crippen molar-refractivity contribution in [3.05, 3.63) is 29.3 Å². The van der Waals surface area contributed by atoms with Gasteiger partial charge in [0.1, 0.15) is 0 Å². The van der Waals surface area contributed by atoms with Crippen LogP contribution >= 0.6 is 0 Å². The lowest BCUT2D eigenvalue weighted by molar-refractivity contribution is -0.118. The molecule has 1 heterocycles. The molecule has 0 radical (unpaired) electrons. The molecule has 1 amide bonds. The Balaban J connectivity index is 1.56. The summed E-state index contributed by atoms with van der Waals surface area (Å²) in [5.74, 6) is 0.0391. The summed E-state index contributed by atoms with van der Waals surface area (Å²) in [6.07, 6.45) is 5.63. The topological polar surface area (TPSA) is 67.6 Å². The minimum Gasteiger partial charge on any atom is -0.381 e. The number of benzene rings is 1. The smallest absolute Gasteiger partial charge is 0.238 e. The lowest BCUT2D eigenvalue weighted by atomic mass is 9.99. The molecule has 1 aromatic rings. The van der Waals surface area contributed by atoms with Gasteiger partial charge in [-0.1, -0.05) is 6.07 Å². The predicted octanol–water partition coefficient (Wildman–Crippen LogP) is 1.55. The first kappa shape index (κ1) is 16.4. The summed E-state index contributed by atoms with van der Waals surface area (Å²) in [5.41, 5.74) is 9.58. The molecular formula is C18H27N3O2. The molecule has 3 N–H and O–H groups in total. The first-order chi connectivity index (χ1) is 11.2. The van der Waals surface area contributed by atoms with Gasteiger partial charge in [0.25, 0.3) is 0 Å². The van der Waals surface area contributed by atoms with Gasteiger partial charge < -0.3 is 15.8 Å². The van der Waals surface area contributed by atoms with Crippen LogP contribution < -0.4 is 11.1 Å². The number of nitrogens with one attached hydrogen (secondary N) is 1. The first-order valence-corrected chi connectivity index (χ1v) is 8.58. The number of ether oxygens (including phenoxy) is 1. The number of anilines is 1. The van der Waals surface area contributed by atoms with Crippen LogP contribution in [0.5, 0.6) is 0 Å². The van der Waals surface area contributed by atoms with E-state index in [1.807, 2.05) is 6.07 Å².